The average molecular weight is 386 g/mol. The number of anilines is 1. The fourth-order valence-corrected chi connectivity index (χ4v) is 3.88. The smallest absolute Gasteiger partial charge is 0.323 e. The highest BCUT2D eigenvalue weighted by Gasteiger charge is 2.31. The van der Waals surface area contributed by atoms with Gasteiger partial charge in [-0.2, -0.15) is 0 Å². The molecule has 4 rings (SSSR count). The third-order valence-corrected chi connectivity index (χ3v) is 5.47. The van der Waals surface area contributed by atoms with E-state index in [1.807, 2.05) is 28.5 Å². The zero-order valence-corrected chi connectivity index (χ0v) is 15.7. The molecule has 2 aliphatic heterocycles. The molecule has 142 valence electrons. The molecule has 0 spiro atoms. The summed E-state index contributed by atoms with van der Waals surface area (Å²) in [7, 11) is 0. The van der Waals surface area contributed by atoms with Crippen molar-refractivity contribution in [1.29, 1.82) is 0 Å². The number of urea groups is 1. The van der Waals surface area contributed by atoms with Crippen molar-refractivity contribution < 1.29 is 14.3 Å². The second kappa shape index (κ2) is 8.41. The third-order valence-electron chi connectivity index (χ3n) is 4.78. The van der Waals surface area contributed by atoms with Crippen LogP contribution in [0.25, 0.3) is 0 Å². The van der Waals surface area contributed by atoms with E-state index in [-0.39, 0.29) is 18.9 Å². The van der Waals surface area contributed by atoms with Crippen LogP contribution in [0.4, 0.5) is 9.93 Å². The molecule has 0 bridgehead atoms. The molecule has 2 amide bonds. The summed E-state index contributed by atoms with van der Waals surface area (Å²) in [4.78, 5) is 20.7. The number of hydrogen-bond donors (Lipinski definition) is 1. The highest BCUT2D eigenvalue weighted by Crippen LogP contribution is 2.23. The molecule has 1 atom stereocenters. The molecule has 1 unspecified atom stereocenters. The first-order valence-corrected chi connectivity index (χ1v) is 9.85. The zero-order valence-electron chi connectivity index (χ0n) is 14.9. The van der Waals surface area contributed by atoms with Crippen LogP contribution in [0.1, 0.15) is 5.56 Å². The van der Waals surface area contributed by atoms with Gasteiger partial charge in [0.25, 0.3) is 0 Å². The molecule has 1 aromatic carbocycles. The molecule has 7 nitrogen and oxygen atoms in total. The molecule has 8 heteroatoms. The Labute approximate surface area is 162 Å². The Balaban J connectivity index is 1.38. The number of nitrogens with zero attached hydrogens (tertiary/aromatic N) is 3. The quantitative estimate of drug-likeness (QED) is 0.856. The summed E-state index contributed by atoms with van der Waals surface area (Å²) in [6.07, 6.45) is 4.25. The van der Waals surface area contributed by atoms with Gasteiger partial charge in [0.15, 0.2) is 10.9 Å². The summed E-state index contributed by atoms with van der Waals surface area (Å²) in [5.41, 5.74) is 1.25. The van der Waals surface area contributed by atoms with Crippen LogP contribution in [0.2, 0.25) is 0 Å². The number of thiazole rings is 1. The minimum atomic E-state index is -0.0936. The molecule has 27 heavy (non-hydrogen) atoms. The number of hydrogen-bond acceptors (Lipinski definition) is 6. The molecule has 1 fully saturated rings. The standard InChI is InChI=1S/C19H22N4O3S/c24-19(21-18-20-6-11-27-18)23-9-7-22(8-10-23)16(17-13-25-14-26-17)12-15-4-2-1-3-5-15/h1-6,11,13,16H,7-10,12,14H2,(H,20,21,24). The van der Waals surface area contributed by atoms with Crippen LogP contribution in [0.5, 0.6) is 0 Å². The first-order chi connectivity index (χ1) is 13.3. The molecule has 1 aromatic heterocycles. The minimum Gasteiger partial charge on any atom is -0.462 e. The third kappa shape index (κ3) is 4.40. The number of benzene rings is 1. The number of carbonyl (C=O) groups excluding carboxylic acids is 1. The monoisotopic (exact) mass is 386 g/mol. The Kier molecular flexibility index (Phi) is 5.55. The summed E-state index contributed by atoms with van der Waals surface area (Å²) < 4.78 is 11.0. The van der Waals surface area contributed by atoms with Crippen LogP contribution in [0.3, 0.4) is 0 Å². The lowest BCUT2D eigenvalue weighted by atomic mass is 10.0. The van der Waals surface area contributed by atoms with Crippen molar-refractivity contribution in [3.05, 3.63) is 59.5 Å². The van der Waals surface area contributed by atoms with Gasteiger partial charge in [0.1, 0.15) is 6.26 Å². The Morgan fingerprint density at radius 3 is 2.70 bits per heavy atom. The number of nitrogens with one attached hydrogen (secondary N) is 1. The molecule has 2 aliphatic rings. The summed E-state index contributed by atoms with van der Waals surface area (Å²) in [6, 6.07) is 10.4. The van der Waals surface area contributed by atoms with Gasteiger partial charge in [-0.05, 0) is 12.0 Å². The first-order valence-electron chi connectivity index (χ1n) is 8.97. The molecule has 3 heterocycles. The van der Waals surface area contributed by atoms with E-state index in [9.17, 15) is 4.79 Å². The van der Waals surface area contributed by atoms with E-state index in [0.717, 1.165) is 25.3 Å². The second-order valence-electron chi connectivity index (χ2n) is 6.45. The number of amides is 2. The molecule has 2 aromatic rings. The van der Waals surface area contributed by atoms with Gasteiger partial charge in [-0.15, -0.1) is 11.3 Å². The van der Waals surface area contributed by atoms with Gasteiger partial charge in [0.2, 0.25) is 6.79 Å². The van der Waals surface area contributed by atoms with E-state index in [1.54, 1.807) is 12.5 Å². The largest absolute Gasteiger partial charge is 0.462 e. The Hall–Kier alpha value is -2.58. The molecular formula is C19H22N4O3S. The molecule has 0 radical (unpaired) electrons. The maximum Gasteiger partial charge on any atom is 0.323 e. The highest BCUT2D eigenvalue weighted by atomic mass is 32.1. The molecule has 1 saturated heterocycles. The number of aromatic nitrogens is 1. The predicted molar refractivity (Wildman–Crippen MR) is 103 cm³/mol. The number of carbonyl (C=O) groups is 1. The number of piperazine rings is 1. The van der Waals surface area contributed by atoms with Gasteiger partial charge >= 0.3 is 6.03 Å². The van der Waals surface area contributed by atoms with Crippen LogP contribution in [-0.4, -0.2) is 59.8 Å². The second-order valence-corrected chi connectivity index (χ2v) is 7.34. The summed E-state index contributed by atoms with van der Waals surface area (Å²) in [6.45, 7) is 3.16. The predicted octanol–water partition coefficient (Wildman–Crippen LogP) is 2.75. The molecular weight excluding hydrogens is 364 g/mol. The van der Waals surface area contributed by atoms with E-state index in [0.29, 0.717) is 18.2 Å². The minimum absolute atomic E-state index is 0.0936. The highest BCUT2D eigenvalue weighted by molar-refractivity contribution is 7.13. The van der Waals surface area contributed by atoms with Gasteiger partial charge in [0, 0.05) is 37.8 Å². The SMILES string of the molecule is O=C(Nc1nccs1)N1CCN(C(Cc2ccccc2)C2=COCO2)CC1. The van der Waals surface area contributed by atoms with E-state index in [2.05, 4.69) is 27.3 Å². The van der Waals surface area contributed by atoms with Gasteiger partial charge in [0.05, 0.1) is 6.04 Å². The normalized spacial score (nSPS) is 18.4. The van der Waals surface area contributed by atoms with E-state index >= 15 is 0 Å². The van der Waals surface area contributed by atoms with Crippen molar-refractivity contribution in [3.8, 4) is 0 Å². The van der Waals surface area contributed by atoms with Crippen molar-refractivity contribution in [2.24, 2.45) is 0 Å². The van der Waals surface area contributed by atoms with Crippen LogP contribution < -0.4 is 5.32 Å². The summed E-state index contributed by atoms with van der Waals surface area (Å²) >= 11 is 1.42. The average Bonchev–Trinajstić information content (AvgIpc) is 3.41. The van der Waals surface area contributed by atoms with E-state index in [1.165, 1.54) is 16.9 Å². The van der Waals surface area contributed by atoms with Gasteiger partial charge < -0.3 is 14.4 Å². The fourth-order valence-electron chi connectivity index (χ4n) is 3.37. The van der Waals surface area contributed by atoms with Crippen molar-refractivity contribution >= 4 is 22.5 Å². The van der Waals surface area contributed by atoms with E-state index in [4.69, 9.17) is 9.47 Å². The first kappa shape index (κ1) is 17.8. The van der Waals surface area contributed by atoms with Crippen molar-refractivity contribution in [2.45, 2.75) is 12.5 Å². The van der Waals surface area contributed by atoms with Crippen molar-refractivity contribution in [1.82, 2.24) is 14.8 Å². The fraction of sp³-hybridized carbons (Fsp3) is 0.368. The number of ether oxygens (including phenoxy) is 2. The maximum absolute atomic E-state index is 12.4. The summed E-state index contributed by atoms with van der Waals surface area (Å²) in [5.74, 6) is 0.861. The van der Waals surface area contributed by atoms with Crippen LogP contribution in [-0.2, 0) is 15.9 Å². The summed E-state index contributed by atoms with van der Waals surface area (Å²) in [5, 5.41) is 5.33. The molecule has 1 N–H and O–H groups in total. The van der Waals surface area contributed by atoms with Crippen molar-refractivity contribution in [3.63, 3.8) is 0 Å². The van der Waals surface area contributed by atoms with Crippen LogP contribution in [0, 0.1) is 0 Å². The maximum atomic E-state index is 12.4. The topological polar surface area (TPSA) is 66.9 Å². The Bertz CT molecular complexity index is 774. The van der Waals surface area contributed by atoms with Gasteiger partial charge in [-0.25, -0.2) is 9.78 Å². The lowest BCUT2D eigenvalue weighted by Crippen LogP contribution is -2.53. The van der Waals surface area contributed by atoms with E-state index < -0.39 is 0 Å². The van der Waals surface area contributed by atoms with Crippen LogP contribution in [0.15, 0.2) is 53.9 Å². The van der Waals surface area contributed by atoms with Gasteiger partial charge in [-0.3, -0.25) is 10.2 Å². The lowest BCUT2D eigenvalue weighted by Gasteiger charge is -2.39. The van der Waals surface area contributed by atoms with Gasteiger partial charge in [-0.1, -0.05) is 30.3 Å². The Morgan fingerprint density at radius 1 is 1.22 bits per heavy atom. The number of rotatable bonds is 5. The van der Waals surface area contributed by atoms with Crippen LogP contribution >= 0.6 is 11.3 Å². The Morgan fingerprint density at radius 2 is 2.04 bits per heavy atom. The molecule has 0 aliphatic carbocycles. The lowest BCUT2D eigenvalue weighted by molar-refractivity contribution is 0.0500. The van der Waals surface area contributed by atoms with Crippen molar-refractivity contribution in [2.75, 3.05) is 38.3 Å². The molecule has 0 saturated carbocycles. The zero-order chi connectivity index (χ0) is 18.5.